The first-order valence-corrected chi connectivity index (χ1v) is 7.29. The van der Waals surface area contributed by atoms with Crippen LogP contribution >= 0.6 is 0 Å². The van der Waals surface area contributed by atoms with Gasteiger partial charge in [-0.05, 0) is 38.6 Å². The molecule has 0 saturated carbocycles. The highest BCUT2D eigenvalue weighted by Gasteiger charge is 2.37. The summed E-state index contributed by atoms with van der Waals surface area (Å²) in [4.78, 5) is 14.2. The van der Waals surface area contributed by atoms with Crippen LogP contribution in [-0.4, -0.2) is 36.0 Å². The predicted octanol–water partition coefficient (Wildman–Crippen LogP) is 2.31. The van der Waals surface area contributed by atoms with Crippen molar-refractivity contribution in [2.45, 2.75) is 63.8 Å². The van der Waals surface area contributed by atoms with Gasteiger partial charge in [0, 0.05) is 25.0 Å². The van der Waals surface area contributed by atoms with Crippen molar-refractivity contribution in [2.75, 3.05) is 19.6 Å². The average molecular weight is 238 g/mol. The molecule has 0 aromatic carbocycles. The molecule has 0 aromatic heterocycles. The maximum absolute atomic E-state index is 12.1. The van der Waals surface area contributed by atoms with Gasteiger partial charge < -0.3 is 10.2 Å². The van der Waals surface area contributed by atoms with E-state index in [1.807, 2.05) is 0 Å². The fourth-order valence-electron chi connectivity index (χ4n) is 3.21. The molecule has 0 aromatic rings. The summed E-state index contributed by atoms with van der Waals surface area (Å²) in [6.07, 6.45) is 9.20. The first-order chi connectivity index (χ1) is 8.26. The minimum absolute atomic E-state index is 0.262. The van der Waals surface area contributed by atoms with Crippen LogP contribution in [0.15, 0.2) is 0 Å². The molecule has 0 unspecified atom stereocenters. The molecule has 98 valence electrons. The van der Waals surface area contributed by atoms with Crippen LogP contribution in [-0.2, 0) is 4.79 Å². The summed E-state index contributed by atoms with van der Waals surface area (Å²) in [5.41, 5.74) is 0.262. The highest BCUT2D eigenvalue weighted by Crippen LogP contribution is 2.29. The van der Waals surface area contributed by atoms with Gasteiger partial charge in [0.1, 0.15) is 0 Å². The van der Waals surface area contributed by atoms with Crippen LogP contribution in [0.1, 0.15) is 58.3 Å². The van der Waals surface area contributed by atoms with Gasteiger partial charge in [0.2, 0.25) is 5.91 Å². The first-order valence-electron chi connectivity index (χ1n) is 7.29. The van der Waals surface area contributed by atoms with Crippen LogP contribution in [0.5, 0.6) is 0 Å². The van der Waals surface area contributed by atoms with Crippen molar-refractivity contribution in [1.82, 2.24) is 10.2 Å². The van der Waals surface area contributed by atoms with Gasteiger partial charge in [-0.25, -0.2) is 0 Å². The average Bonchev–Trinajstić information content (AvgIpc) is 2.37. The molecular weight excluding hydrogens is 212 g/mol. The van der Waals surface area contributed by atoms with E-state index < -0.39 is 0 Å². The Morgan fingerprint density at radius 1 is 1.29 bits per heavy atom. The molecule has 2 fully saturated rings. The van der Waals surface area contributed by atoms with Crippen molar-refractivity contribution in [3.8, 4) is 0 Å². The second-order valence-electron chi connectivity index (χ2n) is 5.69. The first kappa shape index (κ1) is 12.9. The van der Waals surface area contributed by atoms with E-state index >= 15 is 0 Å². The number of nitrogens with one attached hydrogen (secondary N) is 1. The lowest BCUT2D eigenvalue weighted by atomic mass is 9.81. The summed E-state index contributed by atoms with van der Waals surface area (Å²) in [5.74, 6) is 0.373. The molecular formula is C14H26N2O. The molecule has 2 rings (SSSR count). The Kier molecular flexibility index (Phi) is 4.43. The van der Waals surface area contributed by atoms with Gasteiger partial charge in [-0.1, -0.05) is 19.8 Å². The minimum Gasteiger partial charge on any atom is -0.341 e. The Bertz CT molecular complexity index is 253. The van der Waals surface area contributed by atoms with Crippen molar-refractivity contribution in [1.29, 1.82) is 0 Å². The predicted molar refractivity (Wildman–Crippen MR) is 69.9 cm³/mol. The normalized spacial score (nSPS) is 29.6. The quantitative estimate of drug-likeness (QED) is 0.818. The van der Waals surface area contributed by atoms with E-state index in [2.05, 4.69) is 17.1 Å². The highest BCUT2D eigenvalue weighted by atomic mass is 16.2. The van der Waals surface area contributed by atoms with Crippen molar-refractivity contribution in [3.63, 3.8) is 0 Å². The van der Waals surface area contributed by atoms with Crippen LogP contribution in [0.25, 0.3) is 0 Å². The molecule has 3 heteroatoms. The lowest BCUT2D eigenvalue weighted by Gasteiger charge is -2.46. The molecule has 2 saturated heterocycles. The molecule has 2 heterocycles. The zero-order valence-electron chi connectivity index (χ0n) is 11.1. The van der Waals surface area contributed by atoms with Crippen molar-refractivity contribution in [3.05, 3.63) is 0 Å². The summed E-state index contributed by atoms with van der Waals surface area (Å²) in [5, 5.41) is 3.68. The number of piperidine rings is 2. The summed E-state index contributed by atoms with van der Waals surface area (Å²) in [6.45, 7) is 5.21. The van der Waals surface area contributed by atoms with Gasteiger partial charge in [0.25, 0.3) is 0 Å². The number of hydrogen-bond acceptors (Lipinski definition) is 2. The second kappa shape index (κ2) is 5.85. The van der Waals surface area contributed by atoms with Crippen LogP contribution in [0.4, 0.5) is 0 Å². The number of unbranched alkanes of at least 4 members (excludes halogenated alkanes) is 1. The standard InChI is InChI=1S/C14H26N2O/c1-2-3-7-13(17)16-11-6-9-14(12-16)8-4-5-10-15-14/h15H,2-12H2,1H3/t14-/m0/s1. The van der Waals surface area contributed by atoms with E-state index in [-0.39, 0.29) is 5.54 Å². The summed E-state index contributed by atoms with van der Waals surface area (Å²) >= 11 is 0. The number of hydrogen-bond donors (Lipinski definition) is 1. The number of carbonyl (C=O) groups is 1. The number of rotatable bonds is 3. The molecule has 1 amide bonds. The fourth-order valence-corrected chi connectivity index (χ4v) is 3.21. The van der Waals surface area contributed by atoms with E-state index in [9.17, 15) is 4.79 Å². The molecule has 0 bridgehead atoms. The SMILES string of the molecule is CCCCC(=O)N1CCC[C@@]2(CCCCN2)C1. The Hall–Kier alpha value is -0.570. The fraction of sp³-hybridized carbons (Fsp3) is 0.929. The zero-order valence-corrected chi connectivity index (χ0v) is 11.1. The van der Waals surface area contributed by atoms with Crippen LogP contribution in [0, 0.1) is 0 Å². The minimum atomic E-state index is 0.262. The van der Waals surface area contributed by atoms with E-state index in [1.165, 1.54) is 32.1 Å². The van der Waals surface area contributed by atoms with Crippen LogP contribution in [0.2, 0.25) is 0 Å². The lowest BCUT2D eigenvalue weighted by Crippen LogP contribution is -2.59. The molecule has 17 heavy (non-hydrogen) atoms. The third-order valence-corrected chi connectivity index (χ3v) is 4.26. The second-order valence-corrected chi connectivity index (χ2v) is 5.69. The smallest absolute Gasteiger partial charge is 0.222 e. The Morgan fingerprint density at radius 3 is 2.82 bits per heavy atom. The maximum atomic E-state index is 12.1. The van der Waals surface area contributed by atoms with Crippen molar-refractivity contribution in [2.24, 2.45) is 0 Å². The van der Waals surface area contributed by atoms with Gasteiger partial charge in [-0.2, -0.15) is 0 Å². The van der Waals surface area contributed by atoms with Gasteiger partial charge in [0.05, 0.1) is 0 Å². The molecule has 1 N–H and O–H groups in total. The Balaban J connectivity index is 1.89. The van der Waals surface area contributed by atoms with E-state index in [1.54, 1.807) is 0 Å². The van der Waals surface area contributed by atoms with Crippen LogP contribution < -0.4 is 5.32 Å². The molecule has 1 atom stereocenters. The van der Waals surface area contributed by atoms with Gasteiger partial charge in [0.15, 0.2) is 0 Å². The highest BCUT2D eigenvalue weighted by molar-refractivity contribution is 5.76. The Morgan fingerprint density at radius 2 is 2.12 bits per heavy atom. The van der Waals surface area contributed by atoms with Crippen molar-refractivity contribution >= 4 is 5.91 Å². The monoisotopic (exact) mass is 238 g/mol. The van der Waals surface area contributed by atoms with E-state index in [0.29, 0.717) is 5.91 Å². The number of nitrogens with zero attached hydrogens (tertiary/aromatic N) is 1. The van der Waals surface area contributed by atoms with Gasteiger partial charge in [-0.3, -0.25) is 4.79 Å². The van der Waals surface area contributed by atoms with Crippen molar-refractivity contribution < 1.29 is 4.79 Å². The number of likely N-dealkylation sites (tertiary alicyclic amines) is 1. The summed E-state index contributed by atoms with van der Waals surface area (Å²) in [7, 11) is 0. The molecule has 0 aliphatic carbocycles. The maximum Gasteiger partial charge on any atom is 0.222 e. The van der Waals surface area contributed by atoms with E-state index in [4.69, 9.17) is 0 Å². The Labute approximate surface area is 105 Å². The van der Waals surface area contributed by atoms with Gasteiger partial charge in [-0.15, -0.1) is 0 Å². The van der Waals surface area contributed by atoms with E-state index in [0.717, 1.165) is 38.9 Å². The van der Waals surface area contributed by atoms with Crippen LogP contribution in [0.3, 0.4) is 0 Å². The molecule has 2 aliphatic rings. The number of amides is 1. The lowest BCUT2D eigenvalue weighted by molar-refractivity contribution is -0.134. The third kappa shape index (κ3) is 3.21. The summed E-state index contributed by atoms with van der Waals surface area (Å²) < 4.78 is 0. The third-order valence-electron chi connectivity index (χ3n) is 4.26. The summed E-state index contributed by atoms with van der Waals surface area (Å²) in [6, 6.07) is 0. The zero-order chi connectivity index (χ0) is 12.1. The molecule has 1 spiro atoms. The topological polar surface area (TPSA) is 32.3 Å². The molecule has 3 nitrogen and oxygen atoms in total. The molecule has 2 aliphatic heterocycles. The number of carbonyl (C=O) groups excluding carboxylic acids is 1. The molecule has 0 radical (unpaired) electrons. The largest absolute Gasteiger partial charge is 0.341 e. The van der Waals surface area contributed by atoms with Gasteiger partial charge >= 0.3 is 0 Å².